The SMILES string of the molecule is COCCNc1nc(NCCCO)c(C#N)c2c1CN(Cc1ccccc1)CC2. The minimum atomic E-state index is 0.104. The number of benzene rings is 1. The number of nitriles is 1. The number of pyridine rings is 1. The molecule has 0 spiro atoms. The molecule has 0 saturated carbocycles. The molecule has 0 unspecified atom stereocenters. The first-order chi connectivity index (χ1) is 14.3. The number of hydrogen-bond donors (Lipinski definition) is 3. The third-order valence-corrected chi connectivity index (χ3v) is 5.06. The summed E-state index contributed by atoms with van der Waals surface area (Å²) in [5.74, 6) is 1.40. The Labute approximate surface area is 172 Å². The van der Waals surface area contributed by atoms with Crippen LogP contribution in [0.2, 0.25) is 0 Å². The first-order valence-corrected chi connectivity index (χ1v) is 10.1. The molecule has 1 aromatic heterocycles. The maximum atomic E-state index is 9.80. The Kier molecular flexibility index (Phi) is 7.82. The van der Waals surface area contributed by atoms with Crippen molar-refractivity contribution in [3.8, 4) is 6.07 Å². The van der Waals surface area contributed by atoms with E-state index in [1.54, 1.807) is 7.11 Å². The molecule has 3 N–H and O–H groups in total. The number of hydrogen-bond acceptors (Lipinski definition) is 7. The number of methoxy groups -OCH3 is 1. The fraction of sp³-hybridized carbons (Fsp3) is 0.455. The summed E-state index contributed by atoms with van der Waals surface area (Å²) >= 11 is 0. The minimum Gasteiger partial charge on any atom is -0.396 e. The Morgan fingerprint density at radius 3 is 2.69 bits per heavy atom. The molecular formula is C22H29N5O2. The lowest BCUT2D eigenvalue weighted by molar-refractivity contribution is 0.210. The van der Waals surface area contributed by atoms with E-state index in [4.69, 9.17) is 14.8 Å². The van der Waals surface area contributed by atoms with Crippen LogP contribution in [0.5, 0.6) is 0 Å². The fourth-order valence-corrected chi connectivity index (χ4v) is 3.62. The van der Waals surface area contributed by atoms with Crippen LogP contribution in [0.25, 0.3) is 0 Å². The Balaban J connectivity index is 1.87. The summed E-state index contributed by atoms with van der Waals surface area (Å²) in [5.41, 5.74) is 4.06. The Bertz CT molecular complexity index is 835. The van der Waals surface area contributed by atoms with Crippen molar-refractivity contribution in [3.05, 3.63) is 52.6 Å². The van der Waals surface area contributed by atoms with Gasteiger partial charge in [0, 0.05) is 52.0 Å². The molecule has 2 aromatic rings. The van der Waals surface area contributed by atoms with E-state index in [0.717, 1.165) is 43.0 Å². The van der Waals surface area contributed by atoms with Crippen LogP contribution >= 0.6 is 0 Å². The molecule has 0 bridgehead atoms. The van der Waals surface area contributed by atoms with Crippen molar-refractivity contribution in [2.45, 2.75) is 25.9 Å². The van der Waals surface area contributed by atoms with E-state index in [0.29, 0.717) is 37.5 Å². The van der Waals surface area contributed by atoms with E-state index >= 15 is 0 Å². The van der Waals surface area contributed by atoms with E-state index in [1.807, 2.05) is 6.07 Å². The van der Waals surface area contributed by atoms with Gasteiger partial charge in [0.1, 0.15) is 17.7 Å². The molecule has 0 atom stereocenters. The third kappa shape index (κ3) is 5.45. The summed E-state index contributed by atoms with van der Waals surface area (Å²) in [6.45, 7) is 4.43. The van der Waals surface area contributed by atoms with Crippen LogP contribution in [0.15, 0.2) is 30.3 Å². The van der Waals surface area contributed by atoms with Crippen molar-refractivity contribution < 1.29 is 9.84 Å². The Morgan fingerprint density at radius 1 is 1.17 bits per heavy atom. The van der Waals surface area contributed by atoms with Gasteiger partial charge in [0.05, 0.1) is 12.2 Å². The van der Waals surface area contributed by atoms with Crippen LogP contribution < -0.4 is 10.6 Å². The van der Waals surface area contributed by atoms with Gasteiger partial charge in [-0.1, -0.05) is 30.3 Å². The second-order valence-corrected chi connectivity index (χ2v) is 7.12. The normalized spacial score (nSPS) is 13.6. The number of nitrogens with zero attached hydrogens (tertiary/aromatic N) is 3. The second-order valence-electron chi connectivity index (χ2n) is 7.12. The first kappa shape index (κ1) is 21.1. The van der Waals surface area contributed by atoms with E-state index in [2.05, 4.69) is 45.9 Å². The van der Waals surface area contributed by atoms with Crippen LogP contribution in [0.3, 0.4) is 0 Å². The van der Waals surface area contributed by atoms with Gasteiger partial charge in [0.2, 0.25) is 0 Å². The zero-order valence-electron chi connectivity index (χ0n) is 16.9. The summed E-state index contributed by atoms with van der Waals surface area (Å²) in [6, 6.07) is 12.8. The van der Waals surface area contributed by atoms with Crippen molar-refractivity contribution in [2.75, 3.05) is 50.6 Å². The summed E-state index contributed by atoms with van der Waals surface area (Å²) in [4.78, 5) is 7.12. The zero-order chi connectivity index (χ0) is 20.5. The molecule has 1 aromatic carbocycles. The number of aliphatic hydroxyl groups is 1. The van der Waals surface area contributed by atoms with E-state index < -0.39 is 0 Å². The number of aromatic nitrogens is 1. The number of fused-ring (bicyclic) bond motifs is 1. The van der Waals surface area contributed by atoms with Gasteiger partial charge in [-0.2, -0.15) is 5.26 Å². The Hall–Kier alpha value is -2.66. The number of aliphatic hydroxyl groups excluding tert-OH is 1. The summed E-state index contributed by atoms with van der Waals surface area (Å²) in [5, 5.41) is 25.5. The van der Waals surface area contributed by atoms with Crippen molar-refractivity contribution in [3.63, 3.8) is 0 Å². The van der Waals surface area contributed by atoms with Crippen LogP contribution in [0.1, 0.15) is 28.7 Å². The monoisotopic (exact) mass is 395 g/mol. The highest BCUT2D eigenvalue weighted by molar-refractivity contribution is 5.66. The van der Waals surface area contributed by atoms with Crippen molar-refractivity contribution in [1.82, 2.24) is 9.88 Å². The third-order valence-electron chi connectivity index (χ3n) is 5.06. The van der Waals surface area contributed by atoms with Crippen molar-refractivity contribution in [1.29, 1.82) is 5.26 Å². The van der Waals surface area contributed by atoms with Crippen molar-refractivity contribution >= 4 is 11.6 Å². The fourth-order valence-electron chi connectivity index (χ4n) is 3.62. The molecule has 154 valence electrons. The average molecular weight is 396 g/mol. The summed E-state index contributed by atoms with van der Waals surface area (Å²) < 4.78 is 5.17. The summed E-state index contributed by atoms with van der Waals surface area (Å²) in [7, 11) is 1.67. The minimum absolute atomic E-state index is 0.104. The van der Waals surface area contributed by atoms with Crippen LogP contribution in [-0.4, -0.2) is 54.9 Å². The second kappa shape index (κ2) is 10.8. The molecule has 2 heterocycles. The van der Waals surface area contributed by atoms with Gasteiger partial charge in [-0.15, -0.1) is 0 Å². The van der Waals surface area contributed by atoms with Gasteiger partial charge in [0.15, 0.2) is 0 Å². The maximum Gasteiger partial charge on any atom is 0.146 e. The van der Waals surface area contributed by atoms with E-state index in [1.165, 1.54) is 5.56 Å². The molecule has 7 nitrogen and oxygen atoms in total. The van der Waals surface area contributed by atoms with Gasteiger partial charge in [0.25, 0.3) is 0 Å². The summed E-state index contributed by atoms with van der Waals surface area (Å²) in [6.07, 6.45) is 1.42. The highest BCUT2D eigenvalue weighted by Crippen LogP contribution is 2.32. The van der Waals surface area contributed by atoms with Crippen molar-refractivity contribution in [2.24, 2.45) is 0 Å². The molecular weight excluding hydrogens is 366 g/mol. The molecule has 0 aliphatic carbocycles. The van der Waals surface area contributed by atoms with Crippen LogP contribution in [-0.2, 0) is 24.2 Å². The lowest BCUT2D eigenvalue weighted by Crippen LogP contribution is -2.32. The molecule has 0 fully saturated rings. The van der Waals surface area contributed by atoms with Gasteiger partial charge in [-0.05, 0) is 24.0 Å². The van der Waals surface area contributed by atoms with Gasteiger partial charge < -0.3 is 20.5 Å². The molecule has 1 aliphatic heterocycles. The number of nitrogens with one attached hydrogen (secondary N) is 2. The van der Waals surface area contributed by atoms with Crippen LogP contribution in [0, 0.1) is 11.3 Å². The number of ether oxygens (including phenoxy) is 1. The molecule has 29 heavy (non-hydrogen) atoms. The quantitative estimate of drug-likeness (QED) is 0.532. The molecule has 1 aliphatic rings. The van der Waals surface area contributed by atoms with E-state index in [-0.39, 0.29) is 6.61 Å². The van der Waals surface area contributed by atoms with E-state index in [9.17, 15) is 5.26 Å². The highest BCUT2D eigenvalue weighted by Gasteiger charge is 2.25. The molecule has 3 rings (SSSR count). The van der Waals surface area contributed by atoms with Gasteiger partial charge in [-0.3, -0.25) is 4.90 Å². The largest absolute Gasteiger partial charge is 0.396 e. The molecule has 0 radical (unpaired) electrons. The number of rotatable bonds is 10. The predicted octanol–water partition coefficient (Wildman–Crippen LogP) is 2.36. The van der Waals surface area contributed by atoms with Crippen LogP contribution in [0.4, 0.5) is 11.6 Å². The molecule has 0 saturated heterocycles. The zero-order valence-corrected chi connectivity index (χ0v) is 16.9. The molecule has 0 amide bonds. The maximum absolute atomic E-state index is 9.80. The lowest BCUT2D eigenvalue weighted by Gasteiger charge is -2.31. The number of anilines is 2. The predicted molar refractivity (Wildman–Crippen MR) is 114 cm³/mol. The first-order valence-electron chi connectivity index (χ1n) is 10.1. The standard InChI is InChI=1S/C22H29N5O2/c1-29-13-10-25-22-20-16-27(15-17-6-3-2-4-7-17)11-8-18(20)19(14-23)21(26-22)24-9-5-12-28/h2-4,6-7,28H,5,8-13,15-16H2,1H3,(H2,24,25,26). The Morgan fingerprint density at radius 2 is 1.97 bits per heavy atom. The lowest BCUT2D eigenvalue weighted by atomic mass is 9.95. The molecule has 7 heteroatoms. The highest BCUT2D eigenvalue weighted by atomic mass is 16.5. The topological polar surface area (TPSA) is 93.4 Å². The van der Waals surface area contributed by atoms with Gasteiger partial charge in [-0.25, -0.2) is 4.98 Å². The average Bonchev–Trinajstić information content (AvgIpc) is 2.75. The smallest absolute Gasteiger partial charge is 0.146 e. The van der Waals surface area contributed by atoms with Gasteiger partial charge >= 0.3 is 0 Å².